The van der Waals surface area contributed by atoms with Crippen LogP contribution in [0.2, 0.25) is 0 Å². The minimum atomic E-state index is -4.30. The largest absolute Gasteiger partial charge is 0.416 e. The van der Waals surface area contributed by atoms with E-state index in [1.54, 1.807) is 5.57 Å². The summed E-state index contributed by atoms with van der Waals surface area (Å²) in [7, 11) is 2.16. The highest BCUT2D eigenvalue weighted by atomic mass is 19.4. The number of halogens is 3. The van der Waals surface area contributed by atoms with Crippen LogP contribution in [-0.2, 0) is 12.7 Å². The number of likely N-dealkylation sites (N-methyl/N-ethyl adjacent to an activating group) is 1. The van der Waals surface area contributed by atoms with Crippen molar-refractivity contribution in [3.05, 3.63) is 71.3 Å². The summed E-state index contributed by atoms with van der Waals surface area (Å²) in [5.41, 5.74) is 4.37. The number of fused-ring (bicyclic) bond motifs is 1. The van der Waals surface area contributed by atoms with Gasteiger partial charge in [-0.3, -0.25) is 4.90 Å². The van der Waals surface area contributed by atoms with E-state index in [4.69, 9.17) is 0 Å². The number of rotatable bonds is 5. The topological polar surface area (TPSA) is 3.24 Å². The van der Waals surface area contributed by atoms with Crippen LogP contribution in [0.15, 0.2) is 60.2 Å². The lowest BCUT2D eigenvalue weighted by molar-refractivity contribution is -0.137. The monoisotopic (exact) mass is 399 g/mol. The van der Waals surface area contributed by atoms with Gasteiger partial charge in [0.15, 0.2) is 0 Å². The second kappa shape index (κ2) is 7.32. The van der Waals surface area contributed by atoms with Crippen LogP contribution in [0.4, 0.5) is 13.2 Å². The molecule has 2 bridgehead atoms. The van der Waals surface area contributed by atoms with Crippen molar-refractivity contribution in [3.63, 3.8) is 0 Å². The Morgan fingerprint density at radius 2 is 1.52 bits per heavy atom. The molecule has 3 aliphatic rings. The lowest BCUT2D eigenvalue weighted by atomic mass is 9.49. The van der Waals surface area contributed by atoms with Gasteiger partial charge < -0.3 is 0 Å². The average molecular weight is 400 g/mol. The third-order valence-corrected chi connectivity index (χ3v) is 6.99. The molecule has 1 nitrogen and oxygen atoms in total. The normalized spacial score (nSPS) is 22.9. The van der Waals surface area contributed by atoms with Crippen molar-refractivity contribution < 1.29 is 13.2 Å². The van der Waals surface area contributed by atoms with Crippen LogP contribution in [0.25, 0.3) is 11.1 Å². The van der Waals surface area contributed by atoms with Crippen molar-refractivity contribution in [2.24, 2.45) is 17.3 Å². The molecule has 0 aliphatic heterocycles. The molecule has 0 radical (unpaired) electrons. The fourth-order valence-electron chi connectivity index (χ4n) is 4.99. The molecule has 0 aromatic heterocycles. The molecule has 4 heteroatoms. The molecule has 0 spiro atoms. The van der Waals surface area contributed by atoms with Crippen LogP contribution in [-0.4, -0.2) is 18.5 Å². The van der Waals surface area contributed by atoms with Crippen molar-refractivity contribution in [1.82, 2.24) is 4.90 Å². The predicted molar refractivity (Wildman–Crippen MR) is 111 cm³/mol. The number of allylic oxidation sites excluding steroid dienone is 1. The second-order valence-electron chi connectivity index (χ2n) is 9.27. The molecule has 0 saturated heterocycles. The maximum absolute atomic E-state index is 12.7. The molecule has 1 fully saturated rings. The van der Waals surface area contributed by atoms with E-state index < -0.39 is 11.7 Å². The summed E-state index contributed by atoms with van der Waals surface area (Å²) >= 11 is 0. The minimum absolute atomic E-state index is 0.453. The maximum atomic E-state index is 12.7. The highest BCUT2D eigenvalue weighted by Gasteiger charge is 2.50. The van der Waals surface area contributed by atoms with Crippen molar-refractivity contribution in [3.8, 4) is 11.1 Å². The summed E-state index contributed by atoms with van der Waals surface area (Å²) in [5, 5.41) is 0. The van der Waals surface area contributed by atoms with Gasteiger partial charge >= 0.3 is 6.18 Å². The Labute approximate surface area is 171 Å². The molecule has 1 saturated carbocycles. The summed E-state index contributed by atoms with van der Waals surface area (Å²) < 4.78 is 38.2. The van der Waals surface area contributed by atoms with Gasteiger partial charge in [-0.25, -0.2) is 0 Å². The van der Waals surface area contributed by atoms with Crippen molar-refractivity contribution in [2.75, 3.05) is 13.6 Å². The quantitative estimate of drug-likeness (QED) is 0.500. The first-order chi connectivity index (χ1) is 13.6. The standard InChI is InChI=1S/C25H28F3N/c1-24(2)22-13-10-20(23(24)14-22)16-29(3)15-17-4-6-18(7-5-17)19-8-11-21(12-9-19)25(26,27)28/h4-12,22-23H,13-16H2,1-3H3/t22-,23-/m0/s1. The summed E-state index contributed by atoms with van der Waals surface area (Å²) in [4.78, 5) is 2.35. The van der Waals surface area contributed by atoms with Gasteiger partial charge in [0.25, 0.3) is 0 Å². The Kier molecular flexibility index (Phi) is 5.10. The van der Waals surface area contributed by atoms with Gasteiger partial charge in [0, 0.05) is 13.1 Å². The SMILES string of the molecule is CN(CC1=CC[C@H]2C[C@@H]1C2(C)C)Cc1ccc(-c2ccc(C(F)(F)F)cc2)cc1. The average Bonchev–Trinajstić information content (AvgIpc) is 2.68. The molecule has 5 rings (SSSR count). The molecule has 2 atom stereocenters. The summed E-state index contributed by atoms with van der Waals surface area (Å²) in [5.74, 6) is 1.59. The zero-order valence-electron chi connectivity index (χ0n) is 17.3. The van der Waals surface area contributed by atoms with Gasteiger partial charge in [-0.05, 0) is 66.0 Å². The minimum Gasteiger partial charge on any atom is -0.298 e. The van der Waals surface area contributed by atoms with E-state index in [1.165, 1.54) is 30.5 Å². The van der Waals surface area contributed by atoms with Gasteiger partial charge in [0.1, 0.15) is 0 Å². The first-order valence-electron chi connectivity index (χ1n) is 10.3. The fourth-order valence-corrected chi connectivity index (χ4v) is 4.99. The fraction of sp³-hybridized carbons (Fsp3) is 0.440. The Balaban J connectivity index is 1.38. The third kappa shape index (κ3) is 4.00. The van der Waals surface area contributed by atoms with Gasteiger partial charge in [-0.2, -0.15) is 13.2 Å². The molecule has 0 N–H and O–H groups in total. The van der Waals surface area contributed by atoms with E-state index in [1.807, 2.05) is 12.1 Å². The van der Waals surface area contributed by atoms with E-state index in [2.05, 4.69) is 44.0 Å². The zero-order chi connectivity index (χ0) is 20.8. The number of hydrogen-bond acceptors (Lipinski definition) is 1. The lowest BCUT2D eigenvalue weighted by Crippen LogP contribution is -2.49. The lowest BCUT2D eigenvalue weighted by Gasteiger charge is -2.57. The third-order valence-electron chi connectivity index (χ3n) is 6.99. The van der Waals surface area contributed by atoms with Gasteiger partial charge in [-0.15, -0.1) is 0 Å². The molecule has 3 aliphatic carbocycles. The molecule has 29 heavy (non-hydrogen) atoms. The molecule has 154 valence electrons. The van der Waals surface area contributed by atoms with Gasteiger partial charge in [-0.1, -0.05) is 61.9 Å². The molecule has 0 heterocycles. The van der Waals surface area contributed by atoms with Crippen molar-refractivity contribution >= 4 is 0 Å². The number of benzene rings is 2. The number of nitrogens with zero attached hydrogens (tertiary/aromatic N) is 1. The van der Waals surface area contributed by atoms with Crippen LogP contribution < -0.4 is 0 Å². The van der Waals surface area contributed by atoms with E-state index >= 15 is 0 Å². The molecule has 2 aromatic rings. The molecule has 0 unspecified atom stereocenters. The maximum Gasteiger partial charge on any atom is 0.416 e. The van der Waals surface area contributed by atoms with Crippen molar-refractivity contribution in [1.29, 1.82) is 0 Å². The van der Waals surface area contributed by atoms with Crippen molar-refractivity contribution in [2.45, 2.75) is 39.4 Å². The van der Waals surface area contributed by atoms with Crippen LogP contribution in [0.5, 0.6) is 0 Å². The van der Waals surface area contributed by atoms with Crippen LogP contribution in [0.1, 0.15) is 37.8 Å². The van der Waals surface area contributed by atoms with Crippen LogP contribution >= 0.6 is 0 Å². The number of alkyl halides is 3. The summed E-state index contributed by atoms with van der Waals surface area (Å²) in [6.07, 6.45) is 0.716. The Hall–Kier alpha value is -2.07. The molecular weight excluding hydrogens is 371 g/mol. The van der Waals surface area contributed by atoms with E-state index in [-0.39, 0.29) is 0 Å². The Morgan fingerprint density at radius 3 is 2.03 bits per heavy atom. The summed E-state index contributed by atoms with van der Waals surface area (Å²) in [6, 6.07) is 13.5. The second-order valence-corrected chi connectivity index (χ2v) is 9.27. The first kappa shape index (κ1) is 20.2. The van der Waals surface area contributed by atoms with Crippen LogP contribution in [0.3, 0.4) is 0 Å². The Bertz CT molecular complexity index is 891. The molecule has 0 amide bonds. The smallest absolute Gasteiger partial charge is 0.298 e. The highest BCUT2D eigenvalue weighted by Crippen LogP contribution is 2.59. The first-order valence-corrected chi connectivity index (χ1v) is 10.3. The van der Waals surface area contributed by atoms with Gasteiger partial charge in [0.05, 0.1) is 5.56 Å². The zero-order valence-corrected chi connectivity index (χ0v) is 17.3. The number of hydrogen-bond donors (Lipinski definition) is 0. The Morgan fingerprint density at radius 1 is 0.931 bits per heavy atom. The highest BCUT2D eigenvalue weighted by molar-refractivity contribution is 5.64. The van der Waals surface area contributed by atoms with Crippen LogP contribution in [0, 0.1) is 17.3 Å². The van der Waals surface area contributed by atoms with E-state index in [9.17, 15) is 13.2 Å². The predicted octanol–water partition coefficient (Wildman–Crippen LogP) is 6.80. The molecule has 2 aromatic carbocycles. The molecular formula is C25H28F3N. The van der Waals surface area contributed by atoms with E-state index in [0.717, 1.165) is 48.2 Å². The summed E-state index contributed by atoms with van der Waals surface area (Å²) in [6.45, 7) is 6.67. The van der Waals surface area contributed by atoms with Gasteiger partial charge in [0.2, 0.25) is 0 Å². The van der Waals surface area contributed by atoms with E-state index in [0.29, 0.717) is 5.41 Å².